The van der Waals surface area contributed by atoms with Gasteiger partial charge in [-0.15, -0.1) is 0 Å². The zero-order chi connectivity index (χ0) is 17.9. The van der Waals surface area contributed by atoms with Gasteiger partial charge in [-0.05, 0) is 55.7 Å². The van der Waals surface area contributed by atoms with E-state index in [0.29, 0.717) is 21.3 Å². The Labute approximate surface area is 151 Å². The summed E-state index contributed by atoms with van der Waals surface area (Å²) in [5.74, 6) is -0.474. The minimum absolute atomic E-state index is 0.0291. The average molecular weight is 359 g/mol. The third-order valence-corrected chi connectivity index (χ3v) is 4.11. The third kappa shape index (κ3) is 4.17. The molecule has 0 spiro atoms. The molecule has 3 nitrogen and oxygen atoms in total. The van der Waals surface area contributed by atoms with Gasteiger partial charge in [-0.3, -0.25) is 4.79 Å². The molecule has 0 fully saturated rings. The van der Waals surface area contributed by atoms with E-state index >= 15 is 0 Å². The summed E-state index contributed by atoms with van der Waals surface area (Å²) in [6.45, 7) is 5.83. The SMILES string of the molecule is Cc1cc(C)c(NC(=O)/C(C#N)=C/c2ccc(Cl)cc2Cl)c(C)c1. The van der Waals surface area contributed by atoms with Crippen LogP contribution in [0.5, 0.6) is 0 Å². The van der Waals surface area contributed by atoms with Gasteiger partial charge in [0.05, 0.1) is 0 Å². The van der Waals surface area contributed by atoms with Crippen molar-refractivity contribution in [2.24, 2.45) is 0 Å². The summed E-state index contributed by atoms with van der Waals surface area (Å²) in [6.07, 6.45) is 1.45. The molecule has 0 aliphatic heterocycles. The molecule has 0 bridgehead atoms. The first-order valence-electron chi connectivity index (χ1n) is 7.28. The molecular formula is C19H16Cl2N2O. The predicted molar refractivity (Wildman–Crippen MR) is 99.3 cm³/mol. The first-order chi connectivity index (χ1) is 11.3. The maximum atomic E-state index is 12.4. The van der Waals surface area contributed by atoms with Crippen molar-refractivity contribution >= 4 is 40.9 Å². The molecule has 0 saturated carbocycles. The molecule has 5 heteroatoms. The van der Waals surface area contributed by atoms with E-state index in [9.17, 15) is 10.1 Å². The maximum Gasteiger partial charge on any atom is 0.266 e. The van der Waals surface area contributed by atoms with E-state index in [-0.39, 0.29) is 5.57 Å². The van der Waals surface area contributed by atoms with Gasteiger partial charge in [-0.2, -0.15) is 5.26 Å². The topological polar surface area (TPSA) is 52.9 Å². The number of nitriles is 1. The van der Waals surface area contributed by atoms with Crippen LogP contribution in [0.25, 0.3) is 6.08 Å². The summed E-state index contributed by atoms with van der Waals surface area (Å²) in [5.41, 5.74) is 4.26. The van der Waals surface area contributed by atoms with E-state index in [1.165, 1.54) is 6.08 Å². The van der Waals surface area contributed by atoms with Gasteiger partial charge in [0.25, 0.3) is 5.91 Å². The largest absolute Gasteiger partial charge is 0.321 e. The number of nitrogens with one attached hydrogen (secondary N) is 1. The smallest absolute Gasteiger partial charge is 0.266 e. The molecule has 2 rings (SSSR count). The summed E-state index contributed by atoms with van der Waals surface area (Å²) in [6, 6.07) is 10.8. The summed E-state index contributed by atoms with van der Waals surface area (Å²) in [5, 5.41) is 13.0. The highest BCUT2D eigenvalue weighted by atomic mass is 35.5. The highest BCUT2D eigenvalue weighted by molar-refractivity contribution is 6.35. The van der Waals surface area contributed by atoms with Crippen LogP contribution >= 0.6 is 23.2 Å². The highest BCUT2D eigenvalue weighted by Gasteiger charge is 2.13. The second kappa shape index (κ2) is 7.53. The highest BCUT2D eigenvalue weighted by Crippen LogP contribution is 2.25. The van der Waals surface area contributed by atoms with Gasteiger partial charge in [0.2, 0.25) is 0 Å². The van der Waals surface area contributed by atoms with Gasteiger partial charge >= 0.3 is 0 Å². The lowest BCUT2D eigenvalue weighted by Crippen LogP contribution is -2.15. The standard InChI is InChI=1S/C19H16Cl2N2O/c1-11-6-12(2)18(13(3)7-11)23-19(24)15(10-22)8-14-4-5-16(20)9-17(14)21/h4-9H,1-3H3,(H,23,24)/b15-8+. The fourth-order valence-electron chi connectivity index (χ4n) is 2.48. The molecule has 0 unspecified atom stereocenters. The van der Waals surface area contributed by atoms with Crippen LogP contribution in [0.15, 0.2) is 35.9 Å². The molecule has 0 atom stereocenters. The molecule has 0 saturated heterocycles. The van der Waals surface area contributed by atoms with Gasteiger partial charge in [-0.1, -0.05) is 47.0 Å². The monoisotopic (exact) mass is 358 g/mol. The minimum Gasteiger partial charge on any atom is -0.321 e. The molecule has 1 amide bonds. The fourth-order valence-corrected chi connectivity index (χ4v) is 2.94. The maximum absolute atomic E-state index is 12.4. The molecule has 0 heterocycles. The number of benzene rings is 2. The van der Waals surface area contributed by atoms with E-state index in [1.54, 1.807) is 18.2 Å². The molecule has 0 aromatic heterocycles. The molecule has 1 N–H and O–H groups in total. The number of nitrogens with zero attached hydrogens (tertiary/aromatic N) is 1. The Morgan fingerprint density at radius 3 is 2.29 bits per heavy atom. The second-order valence-electron chi connectivity index (χ2n) is 5.56. The lowest BCUT2D eigenvalue weighted by molar-refractivity contribution is -0.112. The van der Waals surface area contributed by atoms with Crippen molar-refractivity contribution in [3.8, 4) is 6.07 Å². The van der Waals surface area contributed by atoms with E-state index in [2.05, 4.69) is 5.32 Å². The summed E-state index contributed by atoms with van der Waals surface area (Å²) in [4.78, 5) is 12.4. The van der Waals surface area contributed by atoms with Crippen molar-refractivity contribution in [3.05, 3.63) is 68.2 Å². The van der Waals surface area contributed by atoms with Crippen molar-refractivity contribution in [2.45, 2.75) is 20.8 Å². The summed E-state index contributed by atoms with van der Waals surface area (Å²) < 4.78 is 0. The van der Waals surface area contributed by atoms with E-state index < -0.39 is 5.91 Å². The van der Waals surface area contributed by atoms with Crippen LogP contribution in [0, 0.1) is 32.1 Å². The second-order valence-corrected chi connectivity index (χ2v) is 6.41. The Hall–Kier alpha value is -2.28. The van der Waals surface area contributed by atoms with Gasteiger partial charge < -0.3 is 5.32 Å². The molecule has 0 aliphatic rings. The number of halogens is 2. The molecule has 24 heavy (non-hydrogen) atoms. The average Bonchev–Trinajstić information content (AvgIpc) is 2.50. The zero-order valence-corrected chi connectivity index (χ0v) is 15.1. The van der Waals surface area contributed by atoms with Gasteiger partial charge in [-0.25, -0.2) is 0 Å². The van der Waals surface area contributed by atoms with Crippen LogP contribution in [-0.2, 0) is 4.79 Å². The quantitative estimate of drug-likeness (QED) is 0.584. The van der Waals surface area contributed by atoms with Crippen molar-refractivity contribution in [1.29, 1.82) is 5.26 Å². The molecule has 0 radical (unpaired) electrons. The lowest BCUT2D eigenvalue weighted by atomic mass is 10.0. The molecular weight excluding hydrogens is 343 g/mol. The number of carbonyl (C=O) groups excluding carboxylic acids is 1. The van der Waals surface area contributed by atoms with Crippen molar-refractivity contribution in [2.75, 3.05) is 5.32 Å². The summed E-state index contributed by atoms with van der Waals surface area (Å²) >= 11 is 11.9. The van der Waals surface area contributed by atoms with Crippen LogP contribution < -0.4 is 5.32 Å². The van der Waals surface area contributed by atoms with Crippen molar-refractivity contribution in [3.63, 3.8) is 0 Å². The number of rotatable bonds is 3. The van der Waals surface area contributed by atoms with Gasteiger partial charge in [0.15, 0.2) is 0 Å². The number of aryl methyl sites for hydroxylation is 3. The Balaban J connectivity index is 2.33. The van der Waals surface area contributed by atoms with Crippen LogP contribution in [0.1, 0.15) is 22.3 Å². The van der Waals surface area contributed by atoms with Crippen molar-refractivity contribution < 1.29 is 4.79 Å². The predicted octanol–water partition coefficient (Wildman–Crippen LogP) is 5.46. The van der Waals surface area contributed by atoms with E-state index in [1.807, 2.05) is 39.0 Å². The Bertz CT molecular complexity index is 856. The number of carbonyl (C=O) groups is 1. The normalized spacial score (nSPS) is 11.1. The van der Waals surface area contributed by atoms with Gasteiger partial charge in [0, 0.05) is 15.7 Å². The van der Waals surface area contributed by atoms with Gasteiger partial charge in [0.1, 0.15) is 11.6 Å². The van der Waals surface area contributed by atoms with E-state index in [0.717, 1.165) is 16.7 Å². The lowest BCUT2D eigenvalue weighted by Gasteiger charge is -2.12. The first kappa shape index (κ1) is 18.1. The van der Waals surface area contributed by atoms with Crippen LogP contribution in [-0.4, -0.2) is 5.91 Å². The van der Waals surface area contributed by atoms with Crippen molar-refractivity contribution in [1.82, 2.24) is 0 Å². The third-order valence-electron chi connectivity index (χ3n) is 3.54. The Kier molecular flexibility index (Phi) is 5.66. The van der Waals surface area contributed by atoms with Crippen LogP contribution in [0.4, 0.5) is 5.69 Å². The minimum atomic E-state index is -0.474. The van der Waals surface area contributed by atoms with E-state index in [4.69, 9.17) is 23.2 Å². The summed E-state index contributed by atoms with van der Waals surface area (Å²) in [7, 11) is 0. The first-order valence-corrected chi connectivity index (χ1v) is 8.03. The van der Waals surface area contributed by atoms with Crippen LogP contribution in [0.2, 0.25) is 10.0 Å². The number of amides is 1. The Morgan fingerprint density at radius 2 is 1.75 bits per heavy atom. The number of anilines is 1. The Morgan fingerprint density at radius 1 is 1.12 bits per heavy atom. The fraction of sp³-hybridized carbons (Fsp3) is 0.158. The number of hydrogen-bond acceptors (Lipinski definition) is 2. The molecule has 122 valence electrons. The molecule has 0 aliphatic carbocycles. The zero-order valence-electron chi connectivity index (χ0n) is 13.6. The molecule has 2 aromatic carbocycles. The number of hydrogen-bond donors (Lipinski definition) is 1. The van der Waals surface area contributed by atoms with Crippen LogP contribution in [0.3, 0.4) is 0 Å². The molecule has 2 aromatic rings.